The fraction of sp³-hybridized carbons (Fsp3) is 0.500. The van der Waals surface area contributed by atoms with Crippen LogP contribution in [0.4, 0.5) is 5.13 Å². The van der Waals surface area contributed by atoms with Gasteiger partial charge in [-0.1, -0.05) is 11.6 Å². The van der Waals surface area contributed by atoms with Crippen molar-refractivity contribution < 1.29 is 14.6 Å². The molecule has 1 aromatic heterocycles. The Morgan fingerprint density at radius 2 is 2.60 bits per heavy atom. The fourth-order valence-electron chi connectivity index (χ4n) is 0.963. The summed E-state index contributed by atoms with van der Waals surface area (Å²) in [7, 11) is 1.53. The Balaban J connectivity index is 2.54. The molecule has 15 heavy (non-hydrogen) atoms. The van der Waals surface area contributed by atoms with Crippen LogP contribution in [0.25, 0.3) is 0 Å². The molecule has 0 fully saturated rings. The molecule has 1 atom stereocenters. The Labute approximate surface area is 96.0 Å². The molecule has 1 heterocycles. The molecule has 1 aromatic rings. The lowest BCUT2D eigenvalue weighted by Gasteiger charge is -2.12. The van der Waals surface area contributed by atoms with Gasteiger partial charge in [0.2, 0.25) is 0 Å². The molecule has 0 aliphatic rings. The van der Waals surface area contributed by atoms with E-state index in [1.807, 2.05) is 0 Å². The molecule has 7 heteroatoms. The van der Waals surface area contributed by atoms with Crippen LogP contribution in [-0.2, 0) is 9.53 Å². The molecular weight excluding hydrogens is 240 g/mol. The molecule has 0 amide bonds. The molecule has 0 aliphatic carbocycles. The van der Waals surface area contributed by atoms with Crippen LogP contribution in [0.5, 0.6) is 0 Å². The van der Waals surface area contributed by atoms with Crippen molar-refractivity contribution in [3.63, 3.8) is 0 Å². The zero-order valence-electron chi connectivity index (χ0n) is 8.07. The first-order valence-electron chi connectivity index (χ1n) is 4.22. The number of aromatic nitrogens is 1. The van der Waals surface area contributed by atoms with E-state index < -0.39 is 12.0 Å². The van der Waals surface area contributed by atoms with Crippen LogP contribution < -0.4 is 5.32 Å². The van der Waals surface area contributed by atoms with Crippen LogP contribution >= 0.6 is 22.9 Å². The molecule has 0 saturated carbocycles. The Bertz CT molecular complexity index is 331. The zero-order chi connectivity index (χ0) is 11.3. The molecule has 0 bridgehead atoms. The summed E-state index contributed by atoms with van der Waals surface area (Å²) in [5.74, 6) is -0.932. The van der Waals surface area contributed by atoms with Crippen molar-refractivity contribution in [3.05, 3.63) is 10.5 Å². The minimum absolute atomic E-state index is 0.360. The van der Waals surface area contributed by atoms with Gasteiger partial charge in [0.05, 0.1) is 0 Å². The number of carboxylic acids is 1. The lowest BCUT2D eigenvalue weighted by Crippen LogP contribution is -2.30. The summed E-state index contributed by atoms with van der Waals surface area (Å²) in [4.78, 5) is 14.8. The third-order valence-corrected chi connectivity index (χ3v) is 2.78. The van der Waals surface area contributed by atoms with Crippen LogP contribution in [0.3, 0.4) is 0 Å². The number of anilines is 1. The molecule has 0 aromatic carbocycles. The summed E-state index contributed by atoms with van der Waals surface area (Å²) in [6.45, 7) is 0.378. The van der Waals surface area contributed by atoms with Crippen LogP contribution in [0.1, 0.15) is 6.42 Å². The summed E-state index contributed by atoms with van der Waals surface area (Å²) < 4.78 is 4.82. The van der Waals surface area contributed by atoms with Gasteiger partial charge >= 0.3 is 5.97 Å². The second-order valence-electron chi connectivity index (χ2n) is 2.79. The van der Waals surface area contributed by atoms with Crippen molar-refractivity contribution in [2.45, 2.75) is 12.5 Å². The maximum Gasteiger partial charge on any atom is 0.326 e. The SMILES string of the molecule is COCCC(Nc1nc(Cl)cs1)C(=O)O. The van der Waals surface area contributed by atoms with E-state index in [1.54, 1.807) is 5.38 Å². The first-order valence-corrected chi connectivity index (χ1v) is 5.48. The maximum absolute atomic E-state index is 10.8. The molecule has 2 N–H and O–H groups in total. The minimum atomic E-state index is -0.932. The van der Waals surface area contributed by atoms with E-state index in [4.69, 9.17) is 21.4 Å². The van der Waals surface area contributed by atoms with Gasteiger partial charge < -0.3 is 15.2 Å². The third-order valence-electron chi connectivity index (χ3n) is 1.68. The van der Waals surface area contributed by atoms with Crippen molar-refractivity contribution in [2.24, 2.45) is 0 Å². The highest BCUT2D eigenvalue weighted by Gasteiger charge is 2.17. The number of carboxylic acid groups (broad SMARTS) is 1. The average molecular weight is 251 g/mol. The summed E-state index contributed by atoms with van der Waals surface area (Å²) in [6, 6.07) is -0.702. The highest BCUT2D eigenvalue weighted by Crippen LogP contribution is 2.20. The van der Waals surface area contributed by atoms with Gasteiger partial charge in [0.25, 0.3) is 0 Å². The van der Waals surface area contributed by atoms with Crippen LogP contribution in [0.2, 0.25) is 5.15 Å². The van der Waals surface area contributed by atoms with Gasteiger partial charge in [-0.25, -0.2) is 9.78 Å². The Hall–Kier alpha value is -0.850. The highest BCUT2D eigenvalue weighted by molar-refractivity contribution is 7.14. The molecule has 0 aliphatic heterocycles. The van der Waals surface area contributed by atoms with E-state index in [0.717, 1.165) is 0 Å². The maximum atomic E-state index is 10.8. The van der Waals surface area contributed by atoms with E-state index >= 15 is 0 Å². The number of halogens is 1. The predicted molar refractivity (Wildman–Crippen MR) is 58.7 cm³/mol. The summed E-state index contributed by atoms with van der Waals surface area (Å²) >= 11 is 6.89. The average Bonchev–Trinajstić information content (AvgIpc) is 2.58. The first-order chi connectivity index (χ1) is 7.13. The van der Waals surface area contributed by atoms with E-state index in [0.29, 0.717) is 23.3 Å². The highest BCUT2D eigenvalue weighted by atomic mass is 35.5. The van der Waals surface area contributed by atoms with Gasteiger partial charge in [-0.3, -0.25) is 0 Å². The van der Waals surface area contributed by atoms with Crippen LogP contribution in [0.15, 0.2) is 5.38 Å². The number of thiazole rings is 1. The standard InChI is InChI=1S/C8H11ClN2O3S/c1-14-3-2-5(7(12)13)10-8-11-6(9)4-15-8/h4-5H,2-3H2,1H3,(H,10,11)(H,12,13). The summed E-state index contributed by atoms with van der Waals surface area (Å²) in [6.07, 6.45) is 0.378. The summed E-state index contributed by atoms with van der Waals surface area (Å²) in [5, 5.41) is 14.2. The number of nitrogens with one attached hydrogen (secondary N) is 1. The number of aliphatic carboxylic acids is 1. The molecule has 0 radical (unpaired) electrons. The van der Waals surface area contributed by atoms with Crippen molar-refractivity contribution in [1.82, 2.24) is 4.98 Å². The fourth-order valence-corrected chi connectivity index (χ4v) is 1.85. The van der Waals surface area contributed by atoms with Gasteiger partial charge in [0.1, 0.15) is 11.2 Å². The number of hydrogen-bond acceptors (Lipinski definition) is 5. The Morgan fingerprint density at radius 3 is 3.07 bits per heavy atom. The van der Waals surface area contributed by atoms with Gasteiger partial charge in [-0.2, -0.15) is 0 Å². The number of nitrogens with zero attached hydrogens (tertiary/aromatic N) is 1. The molecule has 0 saturated heterocycles. The number of ether oxygens (including phenoxy) is 1. The Morgan fingerprint density at radius 1 is 1.87 bits per heavy atom. The number of hydrogen-bond donors (Lipinski definition) is 2. The number of carbonyl (C=O) groups is 1. The lowest BCUT2D eigenvalue weighted by molar-refractivity contribution is -0.138. The molecule has 5 nitrogen and oxygen atoms in total. The van der Waals surface area contributed by atoms with E-state index in [1.165, 1.54) is 18.4 Å². The topological polar surface area (TPSA) is 71.5 Å². The first kappa shape index (κ1) is 12.2. The molecule has 1 unspecified atom stereocenters. The Kier molecular flexibility index (Phi) is 4.80. The van der Waals surface area contributed by atoms with E-state index in [-0.39, 0.29) is 0 Å². The molecule has 0 spiro atoms. The van der Waals surface area contributed by atoms with Crippen LogP contribution in [-0.4, -0.2) is 35.8 Å². The molecule has 1 rings (SSSR count). The lowest BCUT2D eigenvalue weighted by atomic mass is 10.2. The number of rotatable bonds is 6. The smallest absolute Gasteiger partial charge is 0.326 e. The monoisotopic (exact) mass is 250 g/mol. The van der Waals surface area contributed by atoms with Gasteiger partial charge in [0.15, 0.2) is 5.13 Å². The van der Waals surface area contributed by atoms with Crippen molar-refractivity contribution >= 4 is 34.0 Å². The van der Waals surface area contributed by atoms with Gasteiger partial charge in [-0.15, -0.1) is 11.3 Å². The quantitative estimate of drug-likeness (QED) is 0.804. The summed E-state index contributed by atoms with van der Waals surface area (Å²) in [5.41, 5.74) is 0. The normalized spacial score (nSPS) is 12.4. The van der Waals surface area contributed by atoms with Crippen molar-refractivity contribution in [2.75, 3.05) is 19.0 Å². The molecular formula is C8H11ClN2O3S. The molecule has 84 valence electrons. The van der Waals surface area contributed by atoms with Gasteiger partial charge in [-0.05, 0) is 0 Å². The second-order valence-corrected chi connectivity index (χ2v) is 4.04. The van der Waals surface area contributed by atoms with E-state index in [2.05, 4.69) is 10.3 Å². The zero-order valence-corrected chi connectivity index (χ0v) is 9.64. The second kappa shape index (κ2) is 5.89. The van der Waals surface area contributed by atoms with E-state index in [9.17, 15) is 4.79 Å². The minimum Gasteiger partial charge on any atom is -0.480 e. The van der Waals surface area contributed by atoms with Crippen molar-refractivity contribution in [1.29, 1.82) is 0 Å². The van der Waals surface area contributed by atoms with Gasteiger partial charge in [0, 0.05) is 25.5 Å². The third kappa shape index (κ3) is 4.03. The van der Waals surface area contributed by atoms with Crippen LogP contribution in [0, 0.1) is 0 Å². The number of methoxy groups -OCH3 is 1. The van der Waals surface area contributed by atoms with Crippen molar-refractivity contribution in [3.8, 4) is 0 Å². The largest absolute Gasteiger partial charge is 0.480 e. The predicted octanol–water partition coefficient (Wildman–Crippen LogP) is 1.70.